The van der Waals surface area contributed by atoms with E-state index in [0.29, 0.717) is 23.1 Å². The van der Waals surface area contributed by atoms with Crippen molar-refractivity contribution >= 4 is 21.8 Å². The van der Waals surface area contributed by atoms with Gasteiger partial charge in [0.25, 0.3) is 5.91 Å². The zero-order chi connectivity index (χ0) is 13.1. The molecule has 1 aliphatic rings. The van der Waals surface area contributed by atoms with Crippen molar-refractivity contribution in [3.63, 3.8) is 0 Å². The van der Waals surface area contributed by atoms with Crippen molar-refractivity contribution in [3.8, 4) is 0 Å². The zero-order valence-electron chi connectivity index (χ0n) is 9.90. The number of aliphatic hydroxyl groups excluding tert-OH is 1. The van der Waals surface area contributed by atoms with Gasteiger partial charge in [0.1, 0.15) is 5.82 Å². The van der Waals surface area contributed by atoms with Gasteiger partial charge in [0.05, 0.1) is 4.47 Å². The van der Waals surface area contributed by atoms with E-state index >= 15 is 0 Å². The number of halogens is 2. The molecule has 98 valence electrons. The quantitative estimate of drug-likeness (QED) is 0.910. The molecule has 1 fully saturated rings. The predicted molar refractivity (Wildman–Crippen MR) is 69.8 cm³/mol. The van der Waals surface area contributed by atoms with Gasteiger partial charge in [0.15, 0.2) is 0 Å². The van der Waals surface area contributed by atoms with E-state index in [1.54, 1.807) is 17.0 Å². The Morgan fingerprint density at radius 3 is 2.67 bits per heavy atom. The van der Waals surface area contributed by atoms with E-state index in [-0.39, 0.29) is 18.4 Å². The van der Waals surface area contributed by atoms with Crippen molar-refractivity contribution in [3.05, 3.63) is 34.1 Å². The molecule has 0 aromatic heterocycles. The van der Waals surface area contributed by atoms with Gasteiger partial charge in [-0.05, 0) is 52.9 Å². The highest BCUT2D eigenvalue weighted by molar-refractivity contribution is 9.10. The average Bonchev–Trinajstić information content (AvgIpc) is 2.41. The van der Waals surface area contributed by atoms with Gasteiger partial charge in [-0.1, -0.05) is 0 Å². The summed E-state index contributed by atoms with van der Waals surface area (Å²) in [4.78, 5) is 13.9. The number of piperidine rings is 1. The van der Waals surface area contributed by atoms with Crippen LogP contribution in [-0.2, 0) is 0 Å². The number of carbonyl (C=O) groups excluding carboxylic acids is 1. The number of hydrogen-bond acceptors (Lipinski definition) is 2. The van der Waals surface area contributed by atoms with Gasteiger partial charge in [0, 0.05) is 25.3 Å². The lowest BCUT2D eigenvalue weighted by Gasteiger charge is -2.31. The number of hydrogen-bond donors (Lipinski definition) is 1. The predicted octanol–water partition coefficient (Wildman–Crippen LogP) is 2.43. The van der Waals surface area contributed by atoms with Gasteiger partial charge in [-0.3, -0.25) is 4.79 Å². The molecule has 0 radical (unpaired) electrons. The van der Waals surface area contributed by atoms with Crippen LogP contribution in [0.5, 0.6) is 0 Å². The van der Waals surface area contributed by atoms with E-state index in [1.807, 2.05) is 0 Å². The van der Waals surface area contributed by atoms with Crippen molar-refractivity contribution in [1.29, 1.82) is 0 Å². The van der Waals surface area contributed by atoms with Crippen LogP contribution in [0.1, 0.15) is 23.2 Å². The molecule has 0 spiro atoms. The summed E-state index contributed by atoms with van der Waals surface area (Å²) >= 11 is 3.06. The summed E-state index contributed by atoms with van der Waals surface area (Å²) in [5, 5.41) is 9.04. The second-order valence-electron chi connectivity index (χ2n) is 4.55. The molecule has 1 aromatic rings. The number of amides is 1. The fourth-order valence-corrected chi connectivity index (χ4v) is 2.38. The highest BCUT2D eigenvalue weighted by atomic mass is 79.9. The smallest absolute Gasteiger partial charge is 0.253 e. The molecule has 0 saturated carbocycles. The molecular weight excluding hydrogens is 301 g/mol. The van der Waals surface area contributed by atoms with Gasteiger partial charge < -0.3 is 10.0 Å². The first-order valence-electron chi connectivity index (χ1n) is 5.97. The van der Waals surface area contributed by atoms with E-state index in [4.69, 9.17) is 5.11 Å². The molecule has 0 aliphatic carbocycles. The monoisotopic (exact) mass is 315 g/mol. The van der Waals surface area contributed by atoms with Crippen LogP contribution in [0.15, 0.2) is 22.7 Å². The molecular formula is C13H15BrFNO2. The average molecular weight is 316 g/mol. The standard InChI is InChI=1S/C13H15BrFNO2/c14-11-2-1-10(7-12(11)15)13(18)16-5-3-9(8-17)4-6-16/h1-2,7,9,17H,3-6,8H2. The largest absolute Gasteiger partial charge is 0.396 e. The normalized spacial score (nSPS) is 16.9. The van der Waals surface area contributed by atoms with Crippen molar-refractivity contribution < 1.29 is 14.3 Å². The minimum atomic E-state index is -0.425. The van der Waals surface area contributed by atoms with Crippen molar-refractivity contribution in [1.82, 2.24) is 4.90 Å². The van der Waals surface area contributed by atoms with Gasteiger partial charge in [-0.25, -0.2) is 4.39 Å². The first-order valence-corrected chi connectivity index (χ1v) is 6.76. The van der Waals surface area contributed by atoms with Crippen LogP contribution < -0.4 is 0 Å². The molecule has 1 N–H and O–H groups in total. The summed E-state index contributed by atoms with van der Waals surface area (Å²) in [5.41, 5.74) is 0.373. The molecule has 1 amide bonds. The maximum atomic E-state index is 13.4. The van der Waals surface area contributed by atoms with Crippen molar-refractivity contribution in [2.75, 3.05) is 19.7 Å². The summed E-state index contributed by atoms with van der Waals surface area (Å²) in [5.74, 6) is -0.278. The summed E-state index contributed by atoms with van der Waals surface area (Å²) in [7, 11) is 0. The molecule has 1 aromatic carbocycles. The van der Waals surface area contributed by atoms with E-state index in [1.165, 1.54) is 6.07 Å². The maximum Gasteiger partial charge on any atom is 0.253 e. The third kappa shape index (κ3) is 2.90. The van der Waals surface area contributed by atoms with Crippen LogP contribution in [0.4, 0.5) is 4.39 Å². The molecule has 2 rings (SSSR count). The molecule has 0 atom stereocenters. The van der Waals surface area contributed by atoms with Crippen molar-refractivity contribution in [2.24, 2.45) is 5.92 Å². The number of nitrogens with zero attached hydrogens (tertiary/aromatic N) is 1. The number of aliphatic hydroxyl groups is 1. The van der Waals surface area contributed by atoms with E-state index in [0.717, 1.165) is 12.8 Å². The van der Waals surface area contributed by atoms with Crippen LogP contribution in [0.25, 0.3) is 0 Å². The zero-order valence-corrected chi connectivity index (χ0v) is 11.5. The van der Waals surface area contributed by atoms with Crippen LogP contribution in [0, 0.1) is 11.7 Å². The first kappa shape index (κ1) is 13.5. The summed E-state index contributed by atoms with van der Waals surface area (Å²) in [6.07, 6.45) is 1.61. The molecule has 0 bridgehead atoms. The molecule has 0 unspecified atom stereocenters. The Labute approximate surface area is 114 Å². The number of likely N-dealkylation sites (tertiary alicyclic amines) is 1. The molecule has 1 aliphatic heterocycles. The van der Waals surface area contributed by atoms with Gasteiger partial charge in [-0.15, -0.1) is 0 Å². The Kier molecular flexibility index (Phi) is 4.35. The Hall–Kier alpha value is -0.940. The second kappa shape index (κ2) is 5.80. The third-order valence-electron chi connectivity index (χ3n) is 3.33. The molecule has 3 nitrogen and oxygen atoms in total. The lowest BCUT2D eigenvalue weighted by atomic mass is 9.97. The molecule has 18 heavy (non-hydrogen) atoms. The van der Waals surface area contributed by atoms with Crippen molar-refractivity contribution in [2.45, 2.75) is 12.8 Å². The van der Waals surface area contributed by atoms with Crippen LogP contribution in [0.3, 0.4) is 0 Å². The maximum absolute atomic E-state index is 13.4. The highest BCUT2D eigenvalue weighted by Gasteiger charge is 2.23. The van der Waals surface area contributed by atoms with E-state index in [2.05, 4.69) is 15.9 Å². The molecule has 5 heteroatoms. The first-order chi connectivity index (χ1) is 8.61. The number of rotatable bonds is 2. The Morgan fingerprint density at radius 1 is 1.44 bits per heavy atom. The number of carbonyl (C=O) groups is 1. The Bertz CT molecular complexity index is 445. The Balaban J connectivity index is 2.05. The minimum absolute atomic E-state index is 0.141. The Morgan fingerprint density at radius 2 is 2.11 bits per heavy atom. The second-order valence-corrected chi connectivity index (χ2v) is 5.40. The topological polar surface area (TPSA) is 40.5 Å². The van der Waals surface area contributed by atoms with Crippen LogP contribution >= 0.6 is 15.9 Å². The fraction of sp³-hybridized carbons (Fsp3) is 0.462. The molecule has 1 heterocycles. The minimum Gasteiger partial charge on any atom is -0.396 e. The van der Waals surface area contributed by atoms with E-state index in [9.17, 15) is 9.18 Å². The van der Waals surface area contributed by atoms with Gasteiger partial charge in [-0.2, -0.15) is 0 Å². The lowest BCUT2D eigenvalue weighted by molar-refractivity contribution is 0.0650. The van der Waals surface area contributed by atoms with Crippen LogP contribution in [-0.4, -0.2) is 35.6 Å². The van der Waals surface area contributed by atoms with E-state index < -0.39 is 5.82 Å². The highest BCUT2D eigenvalue weighted by Crippen LogP contribution is 2.21. The third-order valence-corrected chi connectivity index (χ3v) is 3.97. The van der Waals surface area contributed by atoms with Gasteiger partial charge in [0.2, 0.25) is 0 Å². The molecule has 1 saturated heterocycles. The van der Waals surface area contributed by atoms with Crippen LogP contribution in [0.2, 0.25) is 0 Å². The number of benzene rings is 1. The summed E-state index contributed by atoms with van der Waals surface area (Å²) in [6.45, 7) is 1.43. The van der Waals surface area contributed by atoms with Gasteiger partial charge >= 0.3 is 0 Å². The summed E-state index contributed by atoms with van der Waals surface area (Å²) in [6, 6.07) is 4.42. The summed E-state index contributed by atoms with van der Waals surface area (Å²) < 4.78 is 13.7. The lowest BCUT2D eigenvalue weighted by Crippen LogP contribution is -2.39. The SMILES string of the molecule is O=C(c1ccc(Br)c(F)c1)N1CCC(CO)CC1. The fourth-order valence-electron chi connectivity index (χ4n) is 2.13.